The van der Waals surface area contributed by atoms with Crippen LogP contribution in [-0.4, -0.2) is 28.2 Å². The molecule has 1 N–H and O–H groups in total. The highest BCUT2D eigenvalue weighted by atomic mass is 35.7. The van der Waals surface area contributed by atoms with Crippen LogP contribution in [0.1, 0.15) is 0 Å². The molecule has 1 heterocycles. The molecule has 0 saturated heterocycles. The zero-order chi connectivity index (χ0) is 15.1. The van der Waals surface area contributed by atoms with Crippen molar-refractivity contribution in [3.05, 3.63) is 36.4 Å². The number of hydrogen-bond acceptors (Lipinski definition) is 3. The maximum Gasteiger partial charge on any atom is 0.206 e. The molecule has 0 fully saturated rings. The molecule has 2 aromatic rings. The minimum absolute atomic E-state index is 0.437. The molecular weight excluding hydrogens is 302 g/mol. The number of nitrogens with zero attached hydrogens (tertiary/aromatic N) is 2. The Morgan fingerprint density at radius 1 is 0.810 bits per heavy atom. The van der Waals surface area contributed by atoms with Crippen LogP contribution in [0.15, 0.2) is 46.2 Å². The number of benzene rings is 2. The summed E-state index contributed by atoms with van der Waals surface area (Å²) in [6, 6.07) is 12.8. The molecule has 21 heavy (non-hydrogen) atoms. The lowest BCUT2D eigenvalue weighted by Gasteiger charge is -2.21. The fraction of sp³-hybridized carbons (Fsp3) is 0.250. The largest absolute Gasteiger partial charge is 0.378 e. The van der Waals surface area contributed by atoms with Gasteiger partial charge in [0.1, 0.15) is 0 Å². The summed E-state index contributed by atoms with van der Waals surface area (Å²) in [4.78, 5) is 6.51. The van der Waals surface area contributed by atoms with Gasteiger partial charge in [0.15, 0.2) is 20.8 Å². The summed E-state index contributed by atoms with van der Waals surface area (Å²) in [5.74, 6) is 0. The van der Waals surface area contributed by atoms with Gasteiger partial charge >= 0.3 is 0 Å². The van der Waals surface area contributed by atoms with Crippen molar-refractivity contribution >= 4 is 43.5 Å². The Labute approximate surface area is 133 Å². The van der Waals surface area contributed by atoms with E-state index in [1.807, 2.05) is 28.2 Å². The predicted molar refractivity (Wildman–Crippen MR) is 94.6 cm³/mol. The highest BCUT2D eigenvalue weighted by molar-refractivity contribution is 8.18. The molecule has 0 atom stereocenters. The molecule has 0 bridgehead atoms. The molecule has 0 aliphatic carbocycles. The van der Waals surface area contributed by atoms with Gasteiger partial charge in [-0.1, -0.05) is 0 Å². The molecule has 1 aliphatic rings. The molecule has 0 saturated carbocycles. The molecule has 0 unspecified atom stereocenters. The van der Waals surface area contributed by atoms with Gasteiger partial charge in [-0.2, -0.15) is 0 Å². The van der Waals surface area contributed by atoms with Gasteiger partial charge in [0.05, 0.1) is 11.4 Å². The maximum absolute atomic E-state index is 6.78. The highest BCUT2D eigenvalue weighted by Crippen LogP contribution is 2.45. The average Bonchev–Trinajstić information content (AvgIpc) is 2.46. The van der Waals surface area contributed by atoms with Crippen molar-refractivity contribution in [2.24, 2.45) is 0 Å². The van der Waals surface area contributed by atoms with E-state index in [1.165, 1.54) is 11.4 Å². The Morgan fingerprint density at radius 3 is 1.62 bits per heavy atom. The maximum atomic E-state index is 6.78. The van der Waals surface area contributed by atoms with E-state index in [1.54, 1.807) is 0 Å². The van der Waals surface area contributed by atoms with E-state index in [2.05, 4.69) is 51.5 Å². The van der Waals surface area contributed by atoms with Gasteiger partial charge in [0.25, 0.3) is 0 Å². The molecule has 3 nitrogen and oxygen atoms in total. The van der Waals surface area contributed by atoms with Crippen molar-refractivity contribution in [3.8, 4) is 0 Å². The zero-order valence-electron chi connectivity index (χ0n) is 12.6. The van der Waals surface area contributed by atoms with E-state index >= 15 is 0 Å². The summed E-state index contributed by atoms with van der Waals surface area (Å²) in [6.07, 6.45) is 0. The second kappa shape index (κ2) is 5.35. The van der Waals surface area contributed by atoms with E-state index in [9.17, 15) is 0 Å². The third-order valence-corrected chi connectivity index (χ3v) is 6.06. The number of anilines is 4. The number of hydrogen-bond donors (Lipinski definition) is 1. The fourth-order valence-electron chi connectivity index (χ4n) is 2.35. The van der Waals surface area contributed by atoms with Gasteiger partial charge in [-0.25, -0.2) is 0 Å². The first kappa shape index (κ1) is 14.4. The third kappa shape index (κ3) is 2.54. The summed E-state index contributed by atoms with van der Waals surface area (Å²) in [5.41, 5.74) is 4.54. The van der Waals surface area contributed by atoms with Crippen molar-refractivity contribution in [2.45, 2.75) is 9.79 Å². The number of halogens is 1. The van der Waals surface area contributed by atoms with Gasteiger partial charge in [-0.15, -0.1) is 0 Å². The van der Waals surface area contributed by atoms with E-state index in [-0.39, 0.29) is 0 Å². The van der Waals surface area contributed by atoms with Crippen LogP contribution in [0.3, 0.4) is 0 Å². The second-order valence-electron chi connectivity index (χ2n) is 5.53. The Morgan fingerprint density at radius 2 is 1.24 bits per heavy atom. The summed E-state index contributed by atoms with van der Waals surface area (Å²) in [5, 5.41) is 3.49. The van der Waals surface area contributed by atoms with Crippen LogP contribution in [0.5, 0.6) is 0 Å². The van der Waals surface area contributed by atoms with Gasteiger partial charge in [-0.05, 0) is 24.3 Å². The Balaban J connectivity index is 2.07. The van der Waals surface area contributed by atoms with Gasteiger partial charge in [0, 0.05) is 51.7 Å². The Bertz CT molecular complexity index is 628. The van der Waals surface area contributed by atoms with Crippen LogP contribution >= 0.6 is 10.7 Å². The van der Waals surface area contributed by atoms with E-state index in [0.29, 0.717) is 0 Å². The van der Waals surface area contributed by atoms with Gasteiger partial charge in [-0.3, -0.25) is 0 Å². The topological polar surface area (TPSA) is 18.5 Å². The smallest absolute Gasteiger partial charge is 0.206 e. The summed E-state index contributed by atoms with van der Waals surface area (Å²) in [6.45, 7) is 0. The van der Waals surface area contributed by atoms with Crippen molar-refractivity contribution in [1.29, 1.82) is 0 Å². The zero-order valence-corrected chi connectivity index (χ0v) is 14.2. The SMILES string of the molecule is CN(C)c1ccc2c(c1)[S+](Cl)c1cc(N(C)C)ccc1N2. The first-order valence-corrected chi connectivity index (χ1v) is 8.83. The lowest BCUT2D eigenvalue weighted by molar-refractivity contribution is 1.11. The molecule has 110 valence electrons. The minimum Gasteiger partial charge on any atom is -0.378 e. The molecular formula is C16H19ClN3S+. The minimum atomic E-state index is -0.437. The van der Waals surface area contributed by atoms with Crippen LogP contribution in [0.2, 0.25) is 0 Å². The standard InChI is InChI=1S/C16H19ClN3S/c1-19(2)11-5-7-13-15(9-11)21(17)16-10-12(20(3)4)6-8-14(16)18-13/h5-10,18H,1-4H3/q+1. The van der Waals surface area contributed by atoms with Gasteiger partial charge in [0.2, 0.25) is 9.79 Å². The van der Waals surface area contributed by atoms with Crippen LogP contribution in [-0.2, 0) is 10.1 Å². The summed E-state index contributed by atoms with van der Waals surface area (Å²) >= 11 is 0. The number of rotatable bonds is 2. The second-order valence-corrected chi connectivity index (χ2v) is 7.85. The average molecular weight is 321 g/mol. The Hall–Kier alpha value is -1.52. The summed E-state index contributed by atoms with van der Waals surface area (Å²) in [7, 11) is 14.5. The fourth-order valence-corrected chi connectivity index (χ4v) is 4.42. The third-order valence-electron chi connectivity index (χ3n) is 3.62. The van der Waals surface area contributed by atoms with Crippen molar-refractivity contribution in [2.75, 3.05) is 43.3 Å². The van der Waals surface area contributed by atoms with Crippen molar-refractivity contribution in [1.82, 2.24) is 0 Å². The number of nitrogens with one attached hydrogen (secondary N) is 1. The normalized spacial score (nSPS) is 13.2. The van der Waals surface area contributed by atoms with Crippen LogP contribution in [0.4, 0.5) is 22.7 Å². The highest BCUT2D eigenvalue weighted by Gasteiger charge is 2.35. The molecule has 0 amide bonds. The monoisotopic (exact) mass is 320 g/mol. The van der Waals surface area contributed by atoms with Crippen molar-refractivity contribution in [3.63, 3.8) is 0 Å². The van der Waals surface area contributed by atoms with E-state index in [4.69, 9.17) is 10.7 Å². The van der Waals surface area contributed by atoms with Crippen LogP contribution in [0.25, 0.3) is 0 Å². The molecule has 0 radical (unpaired) electrons. The first-order chi connectivity index (χ1) is 9.97. The lowest BCUT2D eigenvalue weighted by atomic mass is 10.2. The molecule has 0 spiro atoms. The Kier molecular flexibility index (Phi) is 3.68. The van der Waals surface area contributed by atoms with Gasteiger partial charge < -0.3 is 15.1 Å². The predicted octanol–water partition coefficient (Wildman–Crippen LogP) is 4.07. The molecule has 0 aromatic heterocycles. The van der Waals surface area contributed by atoms with Crippen LogP contribution < -0.4 is 15.1 Å². The molecule has 2 aromatic carbocycles. The van der Waals surface area contributed by atoms with E-state index < -0.39 is 10.1 Å². The molecule has 5 heteroatoms. The molecule has 1 aliphatic heterocycles. The van der Waals surface area contributed by atoms with E-state index in [0.717, 1.165) is 21.2 Å². The lowest BCUT2D eigenvalue weighted by Crippen LogP contribution is -2.15. The first-order valence-electron chi connectivity index (χ1n) is 6.77. The van der Waals surface area contributed by atoms with Crippen LogP contribution in [0, 0.1) is 0 Å². The summed E-state index contributed by atoms with van der Waals surface area (Å²) < 4.78 is 0. The quantitative estimate of drug-likeness (QED) is 0.842. The molecule has 3 rings (SSSR count). The van der Waals surface area contributed by atoms with Crippen molar-refractivity contribution < 1.29 is 0 Å². The number of fused-ring (bicyclic) bond motifs is 2.